The Labute approximate surface area is 609 Å². The number of H-pyrrole nitrogens is 1. The Kier molecular flexibility index (Phi) is 28.6. The third kappa shape index (κ3) is 23.6. The second-order valence-corrected chi connectivity index (χ2v) is 30.7. The molecule has 6 amide bonds. The molecule has 550 valence electrons. The van der Waals surface area contributed by atoms with Crippen molar-refractivity contribution >= 4 is 81.4 Å². The highest BCUT2D eigenvalue weighted by atomic mass is 32.2. The molecule has 7 N–H and O–H groups in total. The van der Waals surface area contributed by atoms with Gasteiger partial charge < -0.3 is 51.1 Å². The fourth-order valence-corrected chi connectivity index (χ4v) is 15.2. The van der Waals surface area contributed by atoms with Crippen LogP contribution in [-0.4, -0.2) is 135 Å². The van der Waals surface area contributed by atoms with E-state index in [4.69, 9.17) is 14.2 Å². The summed E-state index contributed by atoms with van der Waals surface area (Å²) < 4.78 is 16.2. The van der Waals surface area contributed by atoms with E-state index in [-0.39, 0.29) is 109 Å². The van der Waals surface area contributed by atoms with E-state index in [0.717, 1.165) is 57.3 Å². The predicted molar refractivity (Wildman–Crippen MR) is 398 cm³/mol. The quantitative estimate of drug-likeness (QED) is 0.0107. The number of alkyl carbamates (subject to hydrolysis) is 1. The molecule has 1 unspecified atom stereocenters. The maximum absolute atomic E-state index is 14.3. The molecule has 12 atom stereocenters. The average molecular weight is 1430 g/mol. The lowest BCUT2D eigenvalue weighted by atomic mass is 9.87. The summed E-state index contributed by atoms with van der Waals surface area (Å²) in [6.07, 6.45) is 6.84. The van der Waals surface area contributed by atoms with Crippen LogP contribution in [0.2, 0.25) is 0 Å². The molecule has 20 nitrogen and oxygen atoms in total. The molecule has 0 spiro atoms. The molecule has 4 aliphatic rings. The van der Waals surface area contributed by atoms with Crippen LogP contribution in [0.1, 0.15) is 147 Å². The number of aromatic nitrogens is 1. The number of hydrogen-bond acceptors (Lipinski definition) is 14. The summed E-state index contributed by atoms with van der Waals surface area (Å²) in [5.41, 5.74) is 3.63. The number of urea groups is 1. The summed E-state index contributed by atoms with van der Waals surface area (Å²) in [6.45, 7) is 13.9. The maximum Gasteiger partial charge on any atom is 0.408 e. The first kappa shape index (κ1) is 78.3. The Morgan fingerprint density at radius 3 is 1.66 bits per heavy atom. The van der Waals surface area contributed by atoms with Gasteiger partial charge >= 0.3 is 12.1 Å². The van der Waals surface area contributed by atoms with Crippen molar-refractivity contribution < 1.29 is 62.2 Å². The number of carbonyl (C=O) groups is 10. The monoisotopic (exact) mass is 1430 g/mol. The van der Waals surface area contributed by atoms with Gasteiger partial charge in [-0.2, -0.15) is 11.8 Å². The summed E-state index contributed by atoms with van der Waals surface area (Å²) >= 11 is 1.86. The number of thioether (sulfide) groups is 1. The van der Waals surface area contributed by atoms with Crippen molar-refractivity contribution in [3.63, 3.8) is 0 Å². The Hall–Kier alpha value is -8.79. The molecule has 5 heterocycles. The number of carbonyl (C=O) groups excluding carboxylic acids is 10. The van der Waals surface area contributed by atoms with Gasteiger partial charge in [0.2, 0.25) is 17.7 Å². The van der Waals surface area contributed by atoms with Crippen LogP contribution in [-0.2, 0) is 84.9 Å². The standard InChI is InChI=1S/C46H64N4O7S.C36H39N3O6/c1-29(2)22-36(39(52)26-34(24-32-16-10-7-11-17-32)44(55)48-37(23-30(3)4)42(53)46(5)28-57-46)47-43(54)33(21-20-31-14-8-6-9-15-31)25-35(51)18-12-13-19-40-41-38(27-58-40)49-45(56)50-41;1-3-29(39-35(43)44-22-25-14-8-5-9-15-25)32(40)20-26(19-27-21-37-30-17-11-10-16-28(27)30)34(42)38-31(33(41)36(2)23-45-36)18-24-12-6-4-7-13-24/h6-11,14-17,29-30,33-34,36-38,40-41H,12-13,18-28H2,1-5H3,(H,47,54)(H,48,55)(H2,49,50,56);4-17,21,26,29,31,37H,3,18-20,22-23H2,1-2H3,(H,38,42)(H,39,43)/t33-,34-,36+,37+,38+,40+,41+,46-;26?,29-,31+,36-/m11/s1. The van der Waals surface area contributed by atoms with E-state index >= 15 is 0 Å². The molecule has 4 aliphatic heterocycles. The number of para-hydroxylation sites is 1. The number of unbranched alkanes of at least 4 members (excludes halogenated alkanes) is 1. The number of amides is 6. The van der Waals surface area contributed by atoms with Crippen molar-refractivity contribution in [2.75, 3.05) is 19.0 Å². The van der Waals surface area contributed by atoms with Crippen molar-refractivity contribution in [1.82, 2.24) is 36.9 Å². The first-order valence-corrected chi connectivity index (χ1v) is 37.7. The molecule has 21 heteroatoms. The highest BCUT2D eigenvalue weighted by Gasteiger charge is 2.52. The lowest BCUT2D eigenvalue weighted by molar-refractivity contribution is -0.135. The van der Waals surface area contributed by atoms with E-state index in [1.807, 2.05) is 191 Å². The van der Waals surface area contributed by atoms with Crippen molar-refractivity contribution in [1.29, 1.82) is 0 Å². The number of ether oxygens (including phenoxy) is 3. The molecule has 1 aromatic heterocycles. The number of epoxide rings is 2. The number of nitrogens with one attached hydrogen (secondary N) is 7. The highest BCUT2D eigenvalue weighted by molar-refractivity contribution is 8.00. The molecule has 4 saturated heterocycles. The maximum atomic E-state index is 14.3. The van der Waals surface area contributed by atoms with Gasteiger partial charge in [-0.1, -0.05) is 181 Å². The van der Waals surface area contributed by atoms with E-state index < -0.39 is 65.1 Å². The first-order valence-electron chi connectivity index (χ1n) is 36.6. The van der Waals surface area contributed by atoms with E-state index in [2.05, 4.69) is 36.9 Å². The number of Topliss-reactive ketones (excluding diaryl/α,β-unsaturated/α-hetero) is 5. The van der Waals surface area contributed by atoms with Crippen LogP contribution >= 0.6 is 11.8 Å². The zero-order valence-corrected chi connectivity index (χ0v) is 61.3. The van der Waals surface area contributed by atoms with Crippen LogP contribution in [0.25, 0.3) is 10.9 Å². The largest absolute Gasteiger partial charge is 0.445 e. The molecule has 0 saturated carbocycles. The number of aromatic amines is 1. The lowest BCUT2D eigenvalue weighted by Crippen LogP contribution is -2.50. The molecule has 4 fully saturated rings. The molecule has 0 aliphatic carbocycles. The second-order valence-electron chi connectivity index (χ2n) is 29.4. The van der Waals surface area contributed by atoms with Gasteiger partial charge in [0.25, 0.3) is 0 Å². The molecule has 103 heavy (non-hydrogen) atoms. The van der Waals surface area contributed by atoms with Gasteiger partial charge in [0.05, 0.1) is 49.5 Å². The van der Waals surface area contributed by atoms with Gasteiger partial charge in [0, 0.05) is 71.5 Å². The number of hydrogen-bond donors (Lipinski definition) is 7. The van der Waals surface area contributed by atoms with Gasteiger partial charge in [-0.25, -0.2) is 9.59 Å². The van der Waals surface area contributed by atoms with Crippen molar-refractivity contribution in [2.45, 2.75) is 204 Å². The van der Waals surface area contributed by atoms with E-state index in [1.165, 1.54) is 0 Å². The van der Waals surface area contributed by atoms with Gasteiger partial charge in [-0.15, -0.1) is 0 Å². The Balaban J connectivity index is 0.000000247. The fraction of sp³-hybridized carbons (Fsp3) is 0.488. The highest BCUT2D eigenvalue weighted by Crippen LogP contribution is 2.35. The molecule has 5 aromatic carbocycles. The molecule has 10 rings (SSSR count). The first-order chi connectivity index (χ1) is 49.5. The fourth-order valence-electron chi connectivity index (χ4n) is 13.7. The molecule has 0 bridgehead atoms. The minimum absolute atomic E-state index is 0.0169. The van der Waals surface area contributed by atoms with Gasteiger partial charge in [0.1, 0.15) is 23.6 Å². The van der Waals surface area contributed by atoms with Crippen LogP contribution < -0.4 is 31.9 Å². The molecular weight excluding hydrogens is 1320 g/mol. The summed E-state index contributed by atoms with van der Waals surface area (Å²) in [5, 5.41) is 19.0. The normalized spacial score (nSPS) is 20.6. The van der Waals surface area contributed by atoms with E-state index in [1.54, 1.807) is 20.8 Å². The van der Waals surface area contributed by atoms with Crippen molar-refractivity contribution in [2.24, 2.45) is 29.6 Å². The van der Waals surface area contributed by atoms with E-state index in [0.29, 0.717) is 69.8 Å². The summed E-state index contributed by atoms with van der Waals surface area (Å²) in [7, 11) is 0. The Morgan fingerprint density at radius 1 is 0.563 bits per heavy atom. The van der Waals surface area contributed by atoms with Crippen molar-refractivity contribution in [3.8, 4) is 0 Å². The van der Waals surface area contributed by atoms with Crippen LogP contribution in [0.15, 0.2) is 152 Å². The van der Waals surface area contributed by atoms with Crippen LogP contribution in [0.3, 0.4) is 0 Å². The number of ketones is 5. The summed E-state index contributed by atoms with van der Waals surface area (Å²) in [6, 6.07) is 42.7. The average Bonchev–Trinajstić information content (AvgIpc) is 1.66. The number of fused-ring (bicyclic) bond motifs is 2. The van der Waals surface area contributed by atoms with Gasteiger partial charge in [-0.3, -0.25) is 38.4 Å². The molecule has 0 radical (unpaired) electrons. The number of rotatable bonds is 40. The van der Waals surface area contributed by atoms with Gasteiger partial charge in [-0.05, 0) is 124 Å². The minimum atomic E-state index is -0.938. The number of aryl methyl sites for hydroxylation is 1. The zero-order valence-electron chi connectivity index (χ0n) is 60.5. The number of benzene rings is 5. The smallest absolute Gasteiger partial charge is 0.408 e. The van der Waals surface area contributed by atoms with Crippen LogP contribution in [0, 0.1) is 29.6 Å². The molecular formula is C82H103N7O13S. The zero-order chi connectivity index (χ0) is 73.6. The second kappa shape index (κ2) is 37.6. The molecule has 6 aromatic rings. The third-order valence-corrected chi connectivity index (χ3v) is 21.4. The topological polar surface area (TPSA) is 293 Å². The third-order valence-electron chi connectivity index (χ3n) is 19.9. The minimum Gasteiger partial charge on any atom is -0.445 e. The lowest BCUT2D eigenvalue weighted by Gasteiger charge is -2.27. The van der Waals surface area contributed by atoms with E-state index in [9.17, 15) is 47.9 Å². The SMILES string of the molecule is CC(C)C[C@H](NC(=O)[C@H](CCc1ccccc1)CC(=O)CCCC[C@@H]1SC[C@@H]2NC(=O)N[C@@H]21)C(=O)C[C@@H](Cc1ccccc1)C(=O)N[C@@H](CC(C)C)C(=O)[C@@]1(C)CO1.CC[C@@H](NC(=O)OCc1ccccc1)C(=O)CC(Cc1c[nH]c2ccccc12)C(=O)N[C@@H](Cc1ccccc1)C(=O)[C@@]1(C)CO1. The predicted octanol–water partition coefficient (Wildman–Crippen LogP) is 11.2. The van der Waals surface area contributed by atoms with Gasteiger partial charge in [0.15, 0.2) is 23.1 Å². The van der Waals surface area contributed by atoms with Crippen LogP contribution in [0.4, 0.5) is 9.59 Å². The van der Waals surface area contributed by atoms with Crippen molar-refractivity contribution in [3.05, 3.63) is 180 Å². The Morgan fingerprint density at radius 2 is 1.07 bits per heavy atom. The summed E-state index contributed by atoms with van der Waals surface area (Å²) in [4.78, 5) is 138. The Bertz CT molecular complexity index is 3840. The van der Waals surface area contributed by atoms with Crippen LogP contribution in [0.5, 0.6) is 0 Å². The summed E-state index contributed by atoms with van der Waals surface area (Å²) in [5.74, 6) is -3.12.